The van der Waals surface area contributed by atoms with E-state index in [1.807, 2.05) is 7.05 Å². The molecule has 4 aliphatic carbocycles. The van der Waals surface area contributed by atoms with Crippen LogP contribution in [0, 0.1) is 0 Å². The van der Waals surface area contributed by atoms with Gasteiger partial charge in [0, 0.05) is 12.2 Å². The maximum atomic E-state index is 7.10. The van der Waals surface area contributed by atoms with Crippen molar-refractivity contribution in [2.75, 3.05) is 13.6 Å². The molecule has 70 heavy (non-hydrogen) atoms. The molecule has 4 nitrogen and oxygen atoms in total. The maximum absolute atomic E-state index is 7.10. The Labute approximate surface area is 411 Å². The van der Waals surface area contributed by atoms with Gasteiger partial charge < -0.3 is 16.4 Å². The van der Waals surface area contributed by atoms with Crippen LogP contribution in [0.25, 0.3) is 77.6 Å². The summed E-state index contributed by atoms with van der Waals surface area (Å²) in [5.41, 5.74) is 24.7. The Kier molecular flexibility index (Phi) is 11.7. The van der Waals surface area contributed by atoms with Crippen LogP contribution < -0.4 is 21.7 Å². The summed E-state index contributed by atoms with van der Waals surface area (Å²) >= 11 is 0. The molecule has 0 saturated carbocycles. The van der Waals surface area contributed by atoms with Gasteiger partial charge in [-0.2, -0.15) is 0 Å². The molecule has 4 heteroatoms. The van der Waals surface area contributed by atoms with Gasteiger partial charge in [-0.3, -0.25) is 5.32 Å². The molecule has 0 heterocycles. The van der Waals surface area contributed by atoms with Crippen molar-refractivity contribution in [2.24, 2.45) is 5.73 Å². The van der Waals surface area contributed by atoms with E-state index in [9.17, 15) is 0 Å². The Hall–Kier alpha value is -7.60. The lowest BCUT2D eigenvalue weighted by molar-refractivity contribution is 0.533. The van der Waals surface area contributed by atoms with Crippen molar-refractivity contribution in [3.05, 3.63) is 250 Å². The monoisotopic (exact) mass is 906 g/mol. The third kappa shape index (κ3) is 7.98. The zero-order valence-corrected chi connectivity index (χ0v) is 40.0. The zero-order chi connectivity index (χ0) is 47.1. The van der Waals surface area contributed by atoms with Gasteiger partial charge in [0.05, 0.1) is 18.2 Å². The number of hydrogen-bond donors (Lipinski definition) is 4. The summed E-state index contributed by atoms with van der Waals surface area (Å²) in [5.74, 6) is 0. The number of rotatable bonds is 10. The first-order valence-electron chi connectivity index (χ1n) is 25.0. The fraction of sp³-hybridized carbons (Fsp3) is 0.152. The van der Waals surface area contributed by atoms with Crippen LogP contribution in [-0.2, 0) is 12.8 Å². The number of allylic oxidation sites excluding steroid dienone is 6. The van der Waals surface area contributed by atoms with E-state index in [2.05, 4.69) is 229 Å². The smallest absolute Gasteiger partial charge is 0.0817 e. The average Bonchev–Trinajstić information content (AvgIpc) is 3.43. The predicted molar refractivity (Wildman–Crippen MR) is 299 cm³/mol. The molecule has 12 rings (SSSR count). The second kappa shape index (κ2) is 18.7. The summed E-state index contributed by atoms with van der Waals surface area (Å²) in [6, 6.07) is 51.5. The Morgan fingerprint density at radius 3 is 1.90 bits per heavy atom. The van der Waals surface area contributed by atoms with E-state index in [0.717, 1.165) is 43.5 Å². The van der Waals surface area contributed by atoms with Gasteiger partial charge in [0.25, 0.3) is 0 Å². The van der Waals surface area contributed by atoms with Gasteiger partial charge >= 0.3 is 0 Å². The summed E-state index contributed by atoms with van der Waals surface area (Å²) in [6.07, 6.45) is 28.4. The lowest BCUT2D eigenvalue weighted by atomic mass is 9.84. The number of nitrogens with one attached hydrogen (secondary N) is 3. The number of likely N-dealkylation sites (N-methyl/N-ethyl adjacent to an activating group) is 1. The minimum Gasteiger partial charge on any atom is -0.381 e. The van der Waals surface area contributed by atoms with Crippen molar-refractivity contribution in [2.45, 2.75) is 50.9 Å². The van der Waals surface area contributed by atoms with E-state index in [0.29, 0.717) is 0 Å². The van der Waals surface area contributed by atoms with Crippen LogP contribution in [0.5, 0.6) is 0 Å². The van der Waals surface area contributed by atoms with Crippen LogP contribution in [0.15, 0.2) is 211 Å². The summed E-state index contributed by atoms with van der Waals surface area (Å²) in [5, 5.41) is 22.0. The highest BCUT2D eigenvalue weighted by molar-refractivity contribution is 6.14. The van der Waals surface area contributed by atoms with E-state index >= 15 is 0 Å². The quantitative estimate of drug-likeness (QED) is 0.0816. The molecule has 3 atom stereocenters. The molecule has 0 spiro atoms. The van der Waals surface area contributed by atoms with Gasteiger partial charge in [0.2, 0.25) is 0 Å². The van der Waals surface area contributed by atoms with Crippen molar-refractivity contribution in [1.29, 1.82) is 0 Å². The molecule has 0 aromatic heterocycles. The van der Waals surface area contributed by atoms with E-state index in [1.165, 1.54) is 110 Å². The van der Waals surface area contributed by atoms with Gasteiger partial charge in [0.1, 0.15) is 0 Å². The van der Waals surface area contributed by atoms with Crippen molar-refractivity contribution in [1.82, 2.24) is 16.0 Å². The molecular formula is C66H58N4. The average molecular weight is 907 g/mol. The molecule has 0 amide bonds. The van der Waals surface area contributed by atoms with Gasteiger partial charge in [-0.25, -0.2) is 0 Å². The van der Waals surface area contributed by atoms with E-state index in [1.54, 1.807) is 0 Å². The Morgan fingerprint density at radius 1 is 0.557 bits per heavy atom. The SMILES string of the molecule is CNC1C=CC=C/C1=C(/NCC1=Cc2c(c3ccccc3c3ccccc23)CC1)c1cccc(-c2cccc(/C(C)=C3\C=CC=CC3NC(N)c3ccc4c(c3)c3c(c5ccccc54)CCC=C3)c2)c1. The Morgan fingerprint density at radius 2 is 1.17 bits per heavy atom. The van der Waals surface area contributed by atoms with Gasteiger partial charge in [-0.1, -0.05) is 194 Å². The molecule has 3 unspecified atom stereocenters. The highest BCUT2D eigenvalue weighted by Crippen LogP contribution is 2.40. The van der Waals surface area contributed by atoms with Gasteiger partial charge in [-0.05, 0) is 168 Å². The fourth-order valence-corrected chi connectivity index (χ4v) is 11.7. The zero-order valence-electron chi connectivity index (χ0n) is 40.0. The first-order chi connectivity index (χ1) is 34.5. The second-order valence-corrected chi connectivity index (χ2v) is 19.3. The van der Waals surface area contributed by atoms with Gasteiger partial charge in [0.15, 0.2) is 0 Å². The third-order valence-corrected chi connectivity index (χ3v) is 15.3. The first-order valence-corrected chi connectivity index (χ1v) is 25.0. The summed E-state index contributed by atoms with van der Waals surface area (Å²) in [4.78, 5) is 0. The number of aryl methyl sites for hydroxylation is 2. The standard InChI is InChI=1S/C66H58N4/c1-42(49-21-11-14-32-64(49)70-66(67)48-34-36-59-55-27-6-4-23-51(55)53-25-8-10-29-57(53)62(59)40-48)44-17-15-18-45(38-44)46-19-16-20-47(39-46)65(60-30-12-13-31-63(60)68-2)69-41-43-33-35-58-54-26-5-3-22-50(54)52-24-7-9-28-56(52)61(58)37-43/h3-7,9-24,26-32,34,36-40,63-64,66,68-70H,8,25,33,35,41,67H2,1-2H3/b49-42+,65-60-. The summed E-state index contributed by atoms with van der Waals surface area (Å²) in [6.45, 7) is 3.00. The lowest BCUT2D eigenvalue weighted by Crippen LogP contribution is -2.38. The molecule has 0 saturated heterocycles. The van der Waals surface area contributed by atoms with Crippen molar-refractivity contribution in [3.8, 4) is 11.1 Å². The first kappa shape index (κ1) is 43.7. The number of fused-ring (bicyclic) bond motifs is 12. The van der Waals surface area contributed by atoms with Crippen LogP contribution >= 0.6 is 0 Å². The van der Waals surface area contributed by atoms with Crippen LogP contribution in [0.4, 0.5) is 0 Å². The largest absolute Gasteiger partial charge is 0.381 e. The minimum atomic E-state index is -0.364. The van der Waals surface area contributed by atoms with Gasteiger partial charge in [-0.15, -0.1) is 0 Å². The summed E-state index contributed by atoms with van der Waals surface area (Å²) in [7, 11) is 2.04. The molecule has 342 valence electrons. The van der Waals surface area contributed by atoms with E-state index in [-0.39, 0.29) is 18.2 Å². The van der Waals surface area contributed by atoms with E-state index < -0.39 is 0 Å². The highest BCUT2D eigenvalue weighted by Gasteiger charge is 2.23. The molecule has 8 aromatic carbocycles. The predicted octanol–water partition coefficient (Wildman–Crippen LogP) is 14.5. The molecule has 4 aliphatic rings. The summed E-state index contributed by atoms with van der Waals surface area (Å²) < 4.78 is 0. The molecule has 0 radical (unpaired) electrons. The molecule has 8 aromatic rings. The topological polar surface area (TPSA) is 62.1 Å². The Bertz CT molecular complexity index is 3660. The Balaban J connectivity index is 0.837. The third-order valence-electron chi connectivity index (χ3n) is 15.3. The van der Waals surface area contributed by atoms with Crippen molar-refractivity contribution >= 4 is 66.5 Å². The number of hydrogen-bond acceptors (Lipinski definition) is 4. The second-order valence-electron chi connectivity index (χ2n) is 19.3. The highest BCUT2D eigenvalue weighted by atomic mass is 15.0. The molecular weight excluding hydrogens is 849 g/mol. The maximum Gasteiger partial charge on any atom is 0.0817 e. The molecule has 5 N–H and O–H groups in total. The fourth-order valence-electron chi connectivity index (χ4n) is 11.7. The lowest BCUT2D eigenvalue weighted by Gasteiger charge is -2.26. The number of benzene rings is 8. The van der Waals surface area contributed by atoms with Crippen LogP contribution in [0.3, 0.4) is 0 Å². The van der Waals surface area contributed by atoms with Crippen LogP contribution in [0.1, 0.15) is 64.9 Å². The van der Waals surface area contributed by atoms with Crippen molar-refractivity contribution < 1.29 is 0 Å². The van der Waals surface area contributed by atoms with E-state index in [4.69, 9.17) is 5.73 Å². The normalized spacial score (nSPS) is 19.1. The van der Waals surface area contributed by atoms with Crippen molar-refractivity contribution in [3.63, 3.8) is 0 Å². The molecule has 0 aliphatic heterocycles. The minimum absolute atomic E-state index is 0.0584. The molecule has 0 fully saturated rings. The van der Waals surface area contributed by atoms with Crippen LogP contribution in [-0.4, -0.2) is 25.7 Å². The number of nitrogens with two attached hydrogens (primary N) is 1. The molecule has 0 bridgehead atoms. The van der Waals surface area contributed by atoms with Crippen LogP contribution in [0.2, 0.25) is 0 Å².